The molecule has 0 spiro atoms. The van der Waals surface area contributed by atoms with Crippen molar-refractivity contribution in [3.8, 4) is 44.5 Å². The maximum absolute atomic E-state index is 6.40. The third-order valence-electron chi connectivity index (χ3n) is 16.4. The monoisotopic (exact) mass is 954 g/mol. The highest BCUT2D eigenvalue weighted by molar-refractivity contribution is 6.24. The van der Waals surface area contributed by atoms with Crippen molar-refractivity contribution in [1.29, 1.82) is 0 Å². The van der Waals surface area contributed by atoms with Crippen LogP contribution in [-0.2, 0) is 6.42 Å². The molecule has 15 aromatic rings. The number of furan rings is 2. The van der Waals surface area contributed by atoms with Crippen molar-refractivity contribution in [1.82, 2.24) is 0 Å². The van der Waals surface area contributed by atoms with E-state index in [9.17, 15) is 0 Å². The summed E-state index contributed by atoms with van der Waals surface area (Å²) in [6, 6.07) is 87.5. The first-order valence-electron chi connectivity index (χ1n) is 26.2. The van der Waals surface area contributed by atoms with E-state index in [0.717, 1.165) is 61.4 Å². The lowest BCUT2D eigenvalue weighted by molar-refractivity contribution is 0.668. The average Bonchev–Trinajstić information content (AvgIpc) is 4.03. The second-order valence-electron chi connectivity index (χ2n) is 20.7. The van der Waals surface area contributed by atoms with Crippen LogP contribution in [0, 0.1) is 5.92 Å². The van der Waals surface area contributed by atoms with Crippen LogP contribution < -0.4 is 0 Å². The molecule has 75 heavy (non-hydrogen) atoms. The fourth-order valence-corrected chi connectivity index (χ4v) is 13.1. The highest BCUT2D eigenvalue weighted by atomic mass is 16.3. The second kappa shape index (κ2) is 16.3. The van der Waals surface area contributed by atoms with Gasteiger partial charge in [0, 0.05) is 21.5 Å². The van der Waals surface area contributed by atoms with Crippen molar-refractivity contribution in [2.24, 2.45) is 5.92 Å². The van der Waals surface area contributed by atoms with Crippen LogP contribution in [0.4, 0.5) is 0 Å². The van der Waals surface area contributed by atoms with Crippen LogP contribution in [0.1, 0.15) is 23.6 Å². The van der Waals surface area contributed by atoms with E-state index in [0.29, 0.717) is 0 Å². The first-order valence-corrected chi connectivity index (χ1v) is 26.2. The molecule has 0 amide bonds. The van der Waals surface area contributed by atoms with Gasteiger partial charge in [0.05, 0.1) is 0 Å². The van der Waals surface area contributed by atoms with Crippen LogP contribution in [0.5, 0.6) is 0 Å². The summed E-state index contributed by atoms with van der Waals surface area (Å²) in [6.07, 6.45) is 3.45. The highest BCUT2D eigenvalue weighted by Gasteiger charge is 2.29. The molecular formula is C73H46O2. The maximum Gasteiger partial charge on any atom is 0.135 e. The molecule has 0 radical (unpaired) electrons. The van der Waals surface area contributed by atoms with Gasteiger partial charge < -0.3 is 8.83 Å². The first-order chi connectivity index (χ1) is 37.1. The molecule has 2 heteroatoms. The van der Waals surface area contributed by atoms with Crippen LogP contribution in [0.3, 0.4) is 0 Å². The summed E-state index contributed by atoms with van der Waals surface area (Å²) in [4.78, 5) is 0. The summed E-state index contributed by atoms with van der Waals surface area (Å²) in [5.41, 5.74) is 18.6. The third-order valence-corrected chi connectivity index (χ3v) is 16.4. The minimum absolute atomic E-state index is 0.282. The topological polar surface area (TPSA) is 26.3 Å². The molecule has 2 heterocycles. The maximum atomic E-state index is 6.40. The third kappa shape index (κ3) is 6.39. The number of hydrogen-bond acceptors (Lipinski definition) is 2. The molecule has 0 saturated carbocycles. The van der Waals surface area contributed by atoms with Gasteiger partial charge in [0.25, 0.3) is 0 Å². The molecule has 1 atom stereocenters. The number of para-hydroxylation sites is 2. The van der Waals surface area contributed by atoms with E-state index in [2.05, 4.69) is 237 Å². The Morgan fingerprint density at radius 1 is 0.293 bits per heavy atom. The highest BCUT2D eigenvalue weighted by Crippen LogP contribution is 2.52. The van der Waals surface area contributed by atoms with Crippen molar-refractivity contribution in [3.05, 3.63) is 259 Å². The van der Waals surface area contributed by atoms with Crippen molar-refractivity contribution >= 4 is 103 Å². The van der Waals surface area contributed by atoms with Crippen LogP contribution in [0.15, 0.2) is 251 Å². The molecule has 0 fully saturated rings. The van der Waals surface area contributed by atoms with E-state index >= 15 is 0 Å². The zero-order valence-electron chi connectivity index (χ0n) is 41.2. The predicted octanol–water partition coefficient (Wildman–Crippen LogP) is 20.5. The van der Waals surface area contributed by atoms with Gasteiger partial charge in [-0.3, -0.25) is 0 Å². The summed E-state index contributed by atoms with van der Waals surface area (Å²) in [5.74, 6) is 0.282. The van der Waals surface area contributed by atoms with Crippen molar-refractivity contribution < 1.29 is 8.83 Å². The molecule has 0 aliphatic heterocycles. The molecule has 0 N–H and O–H groups in total. The van der Waals surface area contributed by atoms with E-state index in [1.807, 2.05) is 12.1 Å². The second-order valence-corrected chi connectivity index (χ2v) is 20.7. The number of allylic oxidation sites excluding steroid dienone is 1. The predicted molar refractivity (Wildman–Crippen MR) is 317 cm³/mol. The van der Waals surface area contributed by atoms with E-state index in [1.54, 1.807) is 0 Å². The van der Waals surface area contributed by atoms with Gasteiger partial charge in [-0.15, -0.1) is 0 Å². The fraction of sp³-hybridized carbons (Fsp3) is 0.0411. The molecule has 0 saturated heterocycles. The van der Waals surface area contributed by atoms with E-state index in [1.165, 1.54) is 110 Å². The van der Waals surface area contributed by atoms with Gasteiger partial charge in [-0.2, -0.15) is 0 Å². The molecule has 2 nitrogen and oxygen atoms in total. The minimum Gasteiger partial charge on any atom is -0.456 e. The van der Waals surface area contributed by atoms with E-state index in [-0.39, 0.29) is 5.92 Å². The van der Waals surface area contributed by atoms with Gasteiger partial charge in [0.15, 0.2) is 0 Å². The Bertz CT molecular complexity index is 4760. The van der Waals surface area contributed by atoms with E-state index < -0.39 is 0 Å². The Morgan fingerprint density at radius 3 is 1.29 bits per heavy atom. The number of hydrogen-bond donors (Lipinski definition) is 0. The summed E-state index contributed by atoms with van der Waals surface area (Å²) < 4.78 is 12.8. The summed E-state index contributed by atoms with van der Waals surface area (Å²) in [6.45, 7) is 2.40. The van der Waals surface area contributed by atoms with Gasteiger partial charge in [-0.25, -0.2) is 0 Å². The Balaban J connectivity index is 1.06. The van der Waals surface area contributed by atoms with Gasteiger partial charge in [0.1, 0.15) is 22.3 Å². The Labute approximate surface area is 433 Å². The number of rotatable bonds is 5. The zero-order valence-corrected chi connectivity index (χ0v) is 41.2. The largest absolute Gasteiger partial charge is 0.456 e. The summed E-state index contributed by atoms with van der Waals surface area (Å²) in [5, 5.41) is 16.9. The molecule has 13 aromatic carbocycles. The SMILES string of the molecule is CC1C=C(c2cccc3ccccc23)c2cc3c(-c4cccc5ccccc45)cccc3c(-c3c4cccc(-c5ccc6oc7ccccc7c6c5)c4cc4c(-c5ccc6oc7ccccc7c6c5)cccc34)c2C1. The van der Waals surface area contributed by atoms with Crippen molar-refractivity contribution in [2.75, 3.05) is 0 Å². The molecule has 350 valence electrons. The van der Waals surface area contributed by atoms with Gasteiger partial charge in [0.2, 0.25) is 0 Å². The lowest BCUT2D eigenvalue weighted by Gasteiger charge is -2.29. The first kappa shape index (κ1) is 42.1. The summed E-state index contributed by atoms with van der Waals surface area (Å²) >= 11 is 0. The van der Waals surface area contributed by atoms with Gasteiger partial charge in [-0.1, -0.05) is 201 Å². The molecule has 16 rings (SSSR count). The molecule has 1 unspecified atom stereocenters. The normalized spacial score (nSPS) is 13.8. The Morgan fingerprint density at radius 2 is 0.707 bits per heavy atom. The van der Waals surface area contributed by atoms with Crippen LogP contribution in [0.25, 0.3) is 148 Å². The Kier molecular flexibility index (Phi) is 9.11. The molecule has 0 bridgehead atoms. The molecule has 1 aliphatic carbocycles. The lowest BCUT2D eigenvalue weighted by atomic mass is 9.74. The zero-order chi connectivity index (χ0) is 49.3. The molecule has 2 aromatic heterocycles. The van der Waals surface area contributed by atoms with Crippen molar-refractivity contribution in [2.45, 2.75) is 13.3 Å². The average molecular weight is 955 g/mol. The van der Waals surface area contributed by atoms with Gasteiger partial charge in [-0.05, 0) is 182 Å². The van der Waals surface area contributed by atoms with Gasteiger partial charge >= 0.3 is 0 Å². The van der Waals surface area contributed by atoms with Crippen LogP contribution >= 0.6 is 0 Å². The van der Waals surface area contributed by atoms with Crippen molar-refractivity contribution in [3.63, 3.8) is 0 Å². The smallest absolute Gasteiger partial charge is 0.135 e. The molecular weight excluding hydrogens is 909 g/mol. The number of benzene rings is 13. The summed E-state index contributed by atoms with van der Waals surface area (Å²) in [7, 11) is 0. The van der Waals surface area contributed by atoms with E-state index in [4.69, 9.17) is 8.83 Å². The van der Waals surface area contributed by atoms with Crippen LogP contribution in [0.2, 0.25) is 0 Å². The lowest BCUT2D eigenvalue weighted by Crippen LogP contribution is -2.11. The standard InChI is InChI=1S/C73H46O2/c1-43-37-60(53-26-11-18-45-16-3-5-20-49(45)53)64-42-63-54(52-25-10-17-44-15-2-4-19-48(44)52)27-14-30-59(63)73(67(64)38-43)72-57-28-12-23-50(46-33-35-70-65(39-46)55-21-6-8-31-68(55)74-70)61(57)41-62-51(24-13-29-58(62)72)47-34-36-71-66(40-47)56-22-7-9-32-69(56)75-71/h2-37,39-43H,38H2,1H3. The minimum atomic E-state index is 0.282. The number of fused-ring (bicyclic) bond motifs is 12. The molecule has 1 aliphatic rings. The Hall–Kier alpha value is -9.50. The quantitative estimate of drug-likeness (QED) is 0.161. The van der Waals surface area contributed by atoms with Crippen LogP contribution in [-0.4, -0.2) is 0 Å². The fourth-order valence-electron chi connectivity index (χ4n) is 13.1.